The lowest BCUT2D eigenvalue weighted by Crippen LogP contribution is -2.01. The smallest absolute Gasteiger partial charge is 0.228 e. The van der Waals surface area contributed by atoms with E-state index >= 15 is 0 Å². The van der Waals surface area contributed by atoms with Gasteiger partial charge in [-0.1, -0.05) is 158 Å². The molecule has 14 rings (SSSR count). The summed E-state index contributed by atoms with van der Waals surface area (Å²) < 4.78 is 8.70. The zero-order valence-electron chi connectivity index (χ0n) is 35.4. The van der Waals surface area contributed by atoms with Crippen LogP contribution < -0.4 is 0 Å². The van der Waals surface area contributed by atoms with Crippen LogP contribution >= 0.6 is 0 Å². The van der Waals surface area contributed by atoms with Gasteiger partial charge in [0.15, 0.2) is 17.5 Å². The summed E-state index contributed by atoms with van der Waals surface area (Å²) in [6.45, 7) is 0. The van der Waals surface area contributed by atoms with E-state index in [4.69, 9.17) is 19.4 Å². The quantitative estimate of drug-likeness (QED) is 0.173. The summed E-state index contributed by atoms with van der Waals surface area (Å²) in [6, 6.07) is 73.3. The molecule has 0 saturated carbocycles. The van der Waals surface area contributed by atoms with Crippen molar-refractivity contribution in [2.75, 3.05) is 0 Å². The predicted octanol–water partition coefficient (Wildman–Crippen LogP) is 15.5. The van der Waals surface area contributed by atoms with E-state index in [1.807, 2.05) is 24.3 Å². The van der Waals surface area contributed by atoms with Crippen molar-refractivity contribution in [1.29, 1.82) is 0 Å². The summed E-state index contributed by atoms with van der Waals surface area (Å²) in [5.74, 6) is 1.71. The van der Waals surface area contributed by atoms with Crippen molar-refractivity contribution >= 4 is 87.0 Å². The fourth-order valence-corrected chi connectivity index (χ4v) is 10.2. The molecule has 10 aromatic carbocycles. The molecule has 4 aromatic heterocycles. The third-order valence-electron chi connectivity index (χ3n) is 13.3. The lowest BCUT2D eigenvalue weighted by atomic mass is 9.96. The molecule has 6 heteroatoms. The summed E-state index contributed by atoms with van der Waals surface area (Å²) in [7, 11) is 0. The second-order valence-corrected chi connectivity index (χ2v) is 17.0. The van der Waals surface area contributed by atoms with Crippen molar-refractivity contribution in [3.05, 3.63) is 212 Å². The number of hydrogen-bond donors (Lipinski definition) is 0. The standard InChI is InChI=1S/C60H35N5O/c1-3-14-38-32-42(28-26-36(38)12-1)44-19-10-24-52-55(44)50-34-40-16-5-6-17-41(40)35-53(50)65(52)51-23-11-20-45-46(51)21-9-22-47(45)58-62-57(43-29-27-37-13-2-4-15-39(37)33-43)63-59(64-58)49-30-31-61-60-56(49)48-18-7-8-25-54(48)66-60/h1-35H. The molecule has 0 aliphatic rings. The Balaban J connectivity index is 1.02. The van der Waals surface area contributed by atoms with E-state index in [0.29, 0.717) is 23.2 Å². The van der Waals surface area contributed by atoms with Gasteiger partial charge in [-0.05, 0) is 97.4 Å². The molecule has 0 radical (unpaired) electrons. The fourth-order valence-electron chi connectivity index (χ4n) is 10.2. The van der Waals surface area contributed by atoms with Crippen molar-refractivity contribution < 1.29 is 4.42 Å². The number of pyridine rings is 1. The van der Waals surface area contributed by atoms with Gasteiger partial charge in [0.25, 0.3) is 0 Å². The zero-order valence-corrected chi connectivity index (χ0v) is 35.4. The number of hydrogen-bond acceptors (Lipinski definition) is 5. The highest BCUT2D eigenvalue weighted by molar-refractivity contribution is 6.20. The van der Waals surface area contributed by atoms with E-state index in [2.05, 4.69) is 192 Å². The molecule has 306 valence electrons. The number of para-hydroxylation sites is 1. The van der Waals surface area contributed by atoms with Crippen LogP contribution in [0.25, 0.3) is 138 Å². The maximum atomic E-state index is 6.25. The van der Waals surface area contributed by atoms with Crippen LogP contribution in [0.4, 0.5) is 0 Å². The maximum Gasteiger partial charge on any atom is 0.228 e. The normalized spacial score (nSPS) is 11.9. The van der Waals surface area contributed by atoms with Crippen LogP contribution in [0, 0.1) is 0 Å². The van der Waals surface area contributed by atoms with E-state index in [9.17, 15) is 0 Å². The Morgan fingerprint density at radius 1 is 0.348 bits per heavy atom. The minimum absolute atomic E-state index is 0.542. The lowest BCUT2D eigenvalue weighted by molar-refractivity contribution is 0.654. The van der Waals surface area contributed by atoms with Gasteiger partial charge >= 0.3 is 0 Å². The number of furan rings is 1. The van der Waals surface area contributed by atoms with Crippen molar-refractivity contribution in [2.24, 2.45) is 0 Å². The molecule has 0 unspecified atom stereocenters. The Labute approximate surface area is 377 Å². The molecule has 0 N–H and O–H groups in total. The van der Waals surface area contributed by atoms with Crippen molar-refractivity contribution in [1.82, 2.24) is 24.5 Å². The van der Waals surface area contributed by atoms with E-state index in [0.717, 1.165) is 71.3 Å². The molecule has 0 amide bonds. The highest BCUT2D eigenvalue weighted by Gasteiger charge is 2.22. The monoisotopic (exact) mass is 841 g/mol. The molecule has 0 spiro atoms. The van der Waals surface area contributed by atoms with Gasteiger partial charge in [-0.2, -0.15) is 0 Å². The van der Waals surface area contributed by atoms with Gasteiger partial charge in [0.1, 0.15) is 5.58 Å². The number of rotatable bonds is 5. The summed E-state index contributed by atoms with van der Waals surface area (Å²) in [6.07, 6.45) is 1.77. The number of fused-ring (bicyclic) bond motifs is 10. The fraction of sp³-hybridized carbons (Fsp3) is 0. The van der Waals surface area contributed by atoms with Crippen LogP contribution in [0.2, 0.25) is 0 Å². The van der Waals surface area contributed by atoms with Crippen molar-refractivity contribution in [3.8, 4) is 51.0 Å². The molecule has 0 bridgehead atoms. The summed E-state index contributed by atoms with van der Waals surface area (Å²) in [5, 5.41) is 13.5. The molecule has 14 aromatic rings. The van der Waals surface area contributed by atoms with Crippen molar-refractivity contribution in [2.45, 2.75) is 0 Å². The zero-order chi connectivity index (χ0) is 43.3. The molecular weight excluding hydrogens is 807 g/mol. The average Bonchev–Trinajstić information content (AvgIpc) is 3.92. The third kappa shape index (κ3) is 5.62. The van der Waals surface area contributed by atoms with E-state index in [1.54, 1.807) is 6.20 Å². The van der Waals surface area contributed by atoms with Crippen LogP contribution in [0.1, 0.15) is 0 Å². The Morgan fingerprint density at radius 2 is 0.939 bits per heavy atom. The molecule has 0 fully saturated rings. The number of benzene rings is 10. The van der Waals surface area contributed by atoms with E-state index in [1.165, 1.54) is 43.4 Å². The first-order chi connectivity index (χ1) is 32.7. The number of nitrogens with zero attached hydrogens (tertiary/aromatic N) is 5. The molecule has 0 aliphatic carbocycles. The molecule has 0 saturated heterocycles. The predicted molar refractivity (Wildman–Crippen MR) is 271 cm³/mol. The highest BCUT2D eigenvalue weighted by Crippen LogP contribution is 2.43. The minimum Gasteiger partial charge on any atom is -0.438 e. The Hall–Kier alpha value is -9.00. The number of aromatic nitrogens is 5. The average molecular weight is 842 g/mol. The first kappa shape index (κ1) is 36.5. The topological polar surface area (TPSA) is 69.6 Å². The van der Waals surface area contributed by atoms with Crippen molar-refractivity contribution in [3.63, 3.8) is 0 Å². The minimum atomic E-state index is 0.542. The van der Waals surface area contributed by atoms with E-state index < -0.39 is 0 Å². The second kappa shape index (κ2) is 14.3. The Bertz CT molecular complexity index is 4320. The van der Waals surface area contributed by atoms with Gasteiger partial charge in [0.05, 0.1) is 22.1 Å². The lowest BCUT2D eigenvalue weighted by Gasteiger charge is -2.15. The van der Waals surface area contributed by atoms with E-state index in [-0.39, 0.29) is 0 Å². The Kier molecular flexibility index (Phi) is 7.88. The molecule has 0 aliphatic heterocycles. The molecule has 0 atom stereocenters. The summed E-state index contributed by atoms with van der Waals surface area (Å²) >= 11 is 0. The van der Waals surface area contributed by atoms with Gasteiger partial charge in [-0.15, -0.1) is 0 Å². The van der Waals surface area contributed by atoms with Gasteiger partial charge in [-0.25, -0.2) is 19.9 Å². The largest absolute Gasteiger partial charge is 0.438 e. The molecule has 66 heavy (non-hydrogen) atoms. The first-order valence-corrected chi connectivity index (χ1v) is 22.2. The molecular formula is C60H35N5O. The van der Waals surface area contributed by atoms with Crippen LogP contribution in [-0.4, -0.2) is 24.5 Å². The third-order valence-corrected chi connectivity index (χ3v) is 13.3. The van der Waals surface area contributed by atoms with Crippen LogP contribution in [-0.2, 0) is 0 Å². The van der Waals surface area contributed by atoms with Crippen LogP contribution in [0.15, 0.2) is 217 Å². The van der Waals surface area contributed by atoms with Crippen LogP contribution in [0.5, 0.6) is 0 Å². The summed E-state index contributed by atoms with van der Waals surface area (Å²) in [5.41, 5.74) is 9.69. The van der Waals surface area contributed by atoms with Gasteiger partial charge < -0.3 is 8.98 Å². The second-order valence-electron chi connectivity index (χ2n) is 17.0. The Morgan fingerprint density at radius 3 is 1.74 bits per heavy atom. The van der Waals surface area contributed by atoms with Gasteiger partial charge in [-0.3, -0.25) is 0 Å². The SMILES string of the molecule is c1ccc2cc(-c3nc(-c4cccc5c(-n6c7cc8ccccc8cc7c7c(-c8ccc9ccccc9c8)cccc76)cccc45)nc(-c4ccnc5oc6ccccc6c45)n3)ccc2c1. The first-order valence-electron chi connectivity index (χ1n) is 22.2. The highest BCUT2D eigenvalue weighted by atomic mass is 16.3. The maximum absolute atomic E-state index is 6.25. The van der Waals surface area contributed by atoms with Gasteiger partial charge in [0, 0.05) is 44.4 Å². The molecule has 4 heterocycles. The summed E-state index contributed by atoms with van der Waals surface area (Å²) in [4.78, 5) is 20.5. The van der Waals surface area contributed by atoms with Gasteiger partial charge in [0.2, 0.25) is 5.71 Å². The van der Waals surface area contributed by atoms with Crippen LogP contribution in [0.3, 0.4) is 0 Å². The molecule has 6 nitrogen and oxygen atoms in total.